The maximum Gasteiger partial charge on any atom is 0.271 e. The topological polar surface area (TPSA) is 101 Å². The molecular formula is C33H25FN4O3. The van der Waals surface area contributed by atoms with E-state index in [1.807, 2.05) is 67.6 Å². The number of aromatic hydroxyl groups is 1. The molecule has 7 nitrogen and oxygen atoms in total. The minimum atomic E-state index is -0.675. The number of allylic oxidation sites excluding steroid dienone is 1. The van der Waals surface area contributed by atoms with Crippen molar-refractivity contribution in [2.45, 2.75) is 20.4 Å². The van der Waals surface area contributed by atoms with Gasteiger partial charge in [-0.05, 0) is 73.5 Å². The van der Waals surface area contributed by atoms with Crippen molar-refractivity contribution in [2.24, 2.45) is 0 Å². The maximum atomic E-state index is 13.6. The van der Waals surface area contributed by atoms with Crippen LogP contribution in [0.15, 0.2) is 95.9 Å². The minimum Gasteiger partial charge on any atom is -0.494 e. The third-order valence-electron chi connectivity index (χ3n) is 6.80. The Morgan fingerprint density at radius 3 is 2.37 bits per heavy atom. The molecule has 0 spiro atoms. The van der Waals surface area contributed by atoms with Crippen LogP contribution >= 0.6 is 0 Å². The Hall–Kier alpha value is -5.55. The molecule has 0 bridgehead atoms. The van der Waals surface area contributed by atoms with Crippen LogP contribution in [0.3, 0.4) is 0 Å². The molecule has 0 aliphatic rings. The van der Waals surface area contributed by atoms with Crippen LogP contribution in [0.25, 0.3) is 23.0 Å². The summed E-state index contributed by atoms with van der Waals surface area (Å²) in [4.78, 5) is 26.6. The molecule has 0 amide bonds. The number of pyridine rings is 1. The summed E-state index contributed by atoms with van der Waals surface area (Å²) in [5.41, 5.74) is 3.35. The Balaban J connectivity index is 1.57. The summed E-state index contributed by atoms with van der Waals surface area (Å²) >= 11 is 0. The van der Waals surface area contributed by atoms with Gasteiger partial charge >= 0.3 is 0 Å². The Morgan fingerprint density at radius 1 is 1.02 bits per heavy atom. The molecule has 0 unspecified atom stereocenters. The molecule has 0 saturated carbocycles. The number of carbonyl (C=O) groups is 1. The second kappa shape index (κ2) is 11.3. The smallest absolute Gasteiger partial charge is 0.271 e. The first kappa shape index (κ1) is 27.0. The van der Waals surface area contributed by atoms with Gasteiger partial charge in [0.1, 0.15) is 17.4 Å². The van der Waals surface area contributed by atoms with E-state index in [9.17, 15) is 24.3 Å². The van der Waals surface area contributed by atoms with Gasteiger partial charge in [0.25, 0.3) is 5.56 Å². The van der Waals surface area contributed by atoms with E-state index < -0.39 is 17.2 Å². The fourth-order valence-electron chi connectivity index (χ4n) is 4.57. The molecule has 202 valence electrons. The number of rotatable bonds is 7. The summed E-state index contributed by atoms with van der Waals surface area (Å²) in [6.07, 6.45) is 4.56. The van der Waals surface area contributed by atoms with E-state index in [2.05, 4.69) is 5.10 Å². The van der Waals surface area contributed by atoms with Gasteiger partial charge in [-0.3, -0.25) is 14.2 Å². The van der Waals surface area contributed by atoms with Crippen molar-refractivity contribution >= 4 is 11.9 Å². The van der Waals surface area contributed by atoms with E-state index in [1.165, 1.54) is 25.1 Å². The summed E-state index contributed by atoms with van der Waals surface area (Å²) in [5.74, 6) is -1.49. The van der Waals surface area contributed by atoms with Gasteiger partial charge in [0, 0.05) is 17.3 Å². The van der Waals surface area contributed by atoms with E-state index in [4.69, 9.17) is 0 Å². The number of hydrogen-bond donors (Lipinski definition) is 1. The lowest BCUT2D eigenvalue weighted by Gasteiger charge is -2.15. The molecule has 0 aliphatic carbocycles. The zero-order chi connectivity index (χ0) is 29.1. The first-order valence-corrected chi connectivity index (χ1v) is 12.8. The van der Waals surface area contributed by atoms with E-state index >= 15 is 0 Å². The van der Waals surface area contributed by atoms with Crippen LogP contribution in [0.4, 0.5) is 4.39 Å². The van der Waals surface area contributed by atoms with Gasteiger partial charge < -0.3 is 5.11 Å². The average molecular weight is 545 g/mol. The fourth-order valence-corrected chi connectivity index (χ4v) is 4.57. The Labute approximate surface area is 235 Å². The highest BCUT2D eigenvalue weighted by Crippen LogP contribution is 2.27. The molecule has 2 heterocycles. The van der Waals surface area contributed by atoms with Crippen molar-refractivity contribution in [2.75, 3.05) is 0 Å². The Bertz CT molecular complexity index is 1880. The minimum absolute atomic E-state index is 0.0114. The van der Waals surface area contributed by atoms with Crippen LogP contribution in [0, 0.1) is 31.0 Å². The molecule has 0 aliphatic heterocycles. The van der Waals surface area contributed by atoms with Crippen molar-refractivity contribution in [3.05, 3.63) is 141 Å². The third-order valence-corrected chi connectivity index (χ3v) is 6.80. The van der Waals surface area contributed by atoms with Crippen molar-refractivity contribution in [1.82, 2.24) is 14.3 Å². The molecule has 1 N–H and O–H groups in total. The average Bonchev–Trinajstić information content (AvgIpc) is 3.40. The number of aromatic nitrogens is 3. The molecule has 0 fully saturated rings. The zero-order valence-electron chi connectivity index (χ0n) is 22.4. The molecular weight excluding hydrogens is 519 g/mol. The summed E-state index contributed by atoms with van der Waals surface area (Å²) in [7, 11) is 0. The van der Waals surface area contributed by atoms with Crippen LogP contribution in [0.5, 0.6) is 5.88 Å². The lowest BCUT2D eigenvalue weighted by atomic mass is 10.00. The molecule has 0 radical (unpaired) electrons. The third kappa shape index (κ3) is 5.47. The number of nitriles is 1. The van der Waals surface area contributed by atoms with Crippen LogP contribution in [0.2, 0.25) is 0 Å². The van der Waals surface area contributed by atoms with Crippen molar-refractivity contribution in [3.8, 4) is 28.9 Å². The molecule has 3 aromatic carbocycles. The van der Waals surface area contributed by atoms with Gasteiger partial charge in [0.05, 0.1) is 23.5 Å². The largest absolute Gasteiger partial charge is 0.494 e. The highest BCUT2D eigenvalue weighted by atomic mass is 19.1. The van der Waals surface area contributed by atoms with Gasteiger partial charge in [0.15, 0.2) is 5.78 Å². The SMILES string of the molecule is Cc1ccc(Cn2c(O)c(C(=O)/C=C/c3cn(-c4ccccc4)nc3-c3ccc(F)cc3)c(C)c(C#N)c2=O)cc1. The highest BCUT2D eigenvalue weighted by molar-refractivity contribution is 6.09. The lowest BCUT2D eigenvalue weighted by molar-refractivity contribution is 0.104. The van der Waals surface area contributed by atoms with Gasteiger partial charge in [-0.1, -0.05) is 48.0 Å². The first-order valence-electron chi connectivity index (χ1n) is 12.8. The number of carbonyl (C=O) groups excluding carboxylic acids is 1. The van der Waals surface area contributed by atoms with Crippen molar-refractivity contribution in [3.63, 3.8) is 0 Å². The quantitative estimate of drug-likeness (QED) is 0.201. The van der Waals surface area contributed by atoms with E-state index in [1.54, 1.807) is 29.1 Å². The summed E-state index contributed by atoms with van der Waals surface area (Å²) in [6, 6.07) is 24.5. The van der Waals surface area contributed by atoms with Crippen molar-refractivity contribution < 1.29 is 14.3 Å². The fraction of sp³-hybridized carbons (Fsp3) is 0.0909. The van der Waals surface area contributed by atoms with Crippen LogP contribution < -0.4 is 5.56 Å². The Morgan fingerprint density at radius 2 is 1.71 bits per heavy atom. The van der Waals surface area contributed by atoms with E-state index in [0.717, 1.165) is 21.4 Å². The summed E-state index contributed by atoms with van der Waals surface area (Å²) in [5, 5.41) is 25.5. The normalized spacial score (nSPS) is 11.1. The lowest BCUT2D eigenvalue weighted by Crippen LogP contribution is -2.26. The van der Waals surface area contributed by atoms with Crippen LogP contribution in [0.1, 0.15) is 38.2 Å². The van der Waals surface area contributed by atoms with Gasteiger partial charge in [0.2, 0.25) is 5.88 Å². The summed E-state index contributed by atoms with van der Waals surface area (Å²) in [6.45, 7) is 3.39. The van der Waals surface area contributed by atoms with Crippen LogP contribution in [-0.2, 0) is 6.54 Å². The molecule has 5 aromatic rings. The summed E-state index contributed by atoms with van der Waals surface area (Å²) < 4.78 is 16.3. The first-order chi connectivity index (χ1) is 19.8. The number of aryl methyl sites for hydroxylation is 1. The predicted molar refractivity (Wildman–Crippen MR) is 154 cm³/mol. The van der Waals surface area contributed by atoms with Crippen molar-refractivity contribution in [1.29, 1.82) is 5.26 Å². The molecule has 0 atom stereocenters. The number of nitrogens with zero attached hydrogens (tertiary/aromatic N) is 4. The number of ketones is 1. The predicted octanol–water partition coefficient (Wildman–Crippen LogP) is 5.98. The molecule has 2 aromatic heterocycles. The van der Waals surface area contributed by atoms with E-state index in [-0.39, 0.29) is 29.1 Å². The highest BCUT2D eigenvalue weighted by Gasteiger charge is 2.23. The van der Waals surface area contributed by atoms with Crippen LogP contribution in [-0.4, -0.2) is 25.2 Å². The Kier molecular flexibility index (Phi) is 7.44. The molecule has 5 rings (SSSR count). The number of halogens is 1. The van der Waals surface area contributed by atoms with E-state index in [0.29, 0.717) is 16.8 Å². The number of para-hydroxylation sites is 1. The second-order valence-electron chi connectivity index (χ2n) is 9.60. The molecule has 8 heteroatoms. The standard InChI is InChI=1S/C33H25FN4O3/c1-21-8-10-23(11-9-21)19-37-32(40)28(18-35)22(2)30(33(37)41)29(39)17-14-25-20-38(27-6-4-3-5-7-27)36-31(25)24-12-15-26(34)16-13-24/h3-17,20,41H,19H2,1-2H3/b17-14+. The maximum absolute atomic E-state index is 13.6. The number of benzene rings is 3. The second-order valence-corrected chi connectivity index (χ2v) is 9.60. The van der Waals surface area contributed by atoms with Gasteiger partial charge in [-0.25, -0.2) is 9.07 Å². The number of hydrogen-bond acceptors (Lipinski definition) is 5. The van der Waals surface area contributed by atoms with Gasteiger partial charge in [-0.2, -0.15) is 10.4 Å². The van der Waals surface area contributed by atoms with Gasteiger partial charge in [-0.15, -0.1) is 0 Å². The molecule has 0 saturated heterocycles. The monoisotopic (exact) mass is 544 g/mol. The molecule has 41 heavy (non-hydrogen) atoms. The zero-order valence-corrected chi connectivity index (χ0v) is 22.4.